The minimum Gasteiger partial charge on any atom is -0.346 e. The molecule has 1 aromatic carbocycles. The van der Waals surface area contributed by atoms with Gasteiger partial charge < -0.3 is 10.6 Å². The number of fused-ring (bicyclic) bond motifs is 1. The molecule has 3 heterocycles. The standard InChI is InChI=1S/C22H22ClN3O2S2/c1-14-16(23)4-2-5-17(14)25-20(27)12-24-21(28)13-26-9-7-18-15(8-11-30-18)22(26)19-6-3-10-29-19/h2-6,8,10-11,22H,7,9,12-13H2,1H3,(H,24,28)(H,25,27). The third-order valence-corrected chi connectivity index (χ3v) is 7.54. The molecule has 0 fully saturated rings. The summed E-state index contributed by atoms with van der Waals surface area (Å²) in [7, 11) is 0. The van der Waals surface area contributed by atoms with E-state index < -0.39 is 0 Å². The summed E-state index contributed by atoms with van der Waals surface area (Å²) in [5, 5.41) is 10.3. The van der Waals surface area contributed by atoms with Crippen molar-refractivity contribution in [3.05, 3.63) is 73.1 Å². The molecule has 0 radical (unpaired) electrons. The van der Waals surface area contributed by atoms with Crippen LogP contribution in [0.3, 0.4) is 0 Å². The molecular formula is C22H22ClN3O2S2. The molecule has 1 unspecified atom stereocenters. The molecule has 8 heteroatoms. The predicted molar refractivity (Wildman–Crippen MR) is 124 cm³/mol. The number of nitrogens with one attached hydrogen (secondary N) is 2. The van der Waals surface area contributed by atoms with E-state index in [1.165, 1.54) is 15.3 Å². The van der Waals surface area contributed by atoms with E-state index in [2.05, 4.69) is 38.4 Å². The van der Waals surface area contributed by atoms with Gasteiger partial charge in [0.1, 0.15) is 0 Å². The van der Waals surface area contributed by atoms with E-state index in [0.717, 1.165) is 18.5 Å². The number of nitrogens with zero attached hydrogens (tertiary/aromatic N) is 1. The van der Waals surface area contributed by atoms with E-state index in [1.807, 2.05) is 13.0 Å². The van der Waals surface area contributed by atoms with Gasteiger partial charge in [0.25, 0.3) is 0 Å². The summed E-state index contributed by atoms with van der Waals surface area (Å²) in [6.07, 6.45) is 0.941. The Hall–Kier alpha value is -2.19. The van der Waals surface area contributed by atoms with Crippen LogP contribution in [-0.4, -0.2) is 36.3 Å². The molecule has 0 aliphatic carbocycles. The first-order chi connectivity index (χ1) is 14.5. The number of halogens is 1. The second kappa shape index (κ2) is 9.31. The SMILES string of the molecule is Cc1c(Cl)cccc1NC(=O)CNC(=O)CN1CCc2sccc2C1c1cccs1. The van der Waals surface area contributed by atoms with Crippen LogP contribution in [0.5, 0.6) is 0 Å². The maximum Gasteiger partial charge on any atom is 0.243 e. The molecule has 0 spiro atoms. The molecule has 1 aliphatic rings. The van der Waals surface area contributed by atoms with E-state index in [4.69, 9.17) is 11.6 Å². The fourth-order valence-corrected chi connectivity index (χ4v) is 5.63. The lowest BCUT2D eigenvalue weighted by Gasteiger charge is -2.34. The predicted octanol–water partition coefficient (Wildman–Crippen LogP) is 4.47. The van der Waals surface area contributed by atoms with Crippen LogP contribution in [-0.2, 0) is 16.0 Å². The Morgan fingerprint density at radius 3 is 2.80 bits per heavy atom. The normalized spacial score (nSPS) is 16.1. The zero-order chi connectivity index (χ0) is 21.1. The molecule has 2 amide bonds. The Morgan fingerprint density at radius 1 is 1.13 bits per heavy atom. The highest BCUT2D eigenvalue weighted by Gasteiger charge is 2.31. The van der Waals surface area contributed by atoms with E-state index in [0.29, 0.717) is 10.7 Å². The van der Waals surface area contributed by atoms with Crippen molar-refractivity contribution in [3.63, 3.8) is 0 Å². The summed E-state index contributed by atoms with van der Waals surface area (Å²) >= 11 is 9.58. The van der Waals surface area contributed by atoms with Crippen LogP contribution in [0.25, 0.3) is 0 Å². The first-order valence-corrected chi connectivity index (χ1v) is 11.8. The smallest absolute Gasteiger partial charge is 0.243 e. The zero-order valence-corrected chi connectivity index (χ0v) is 18.9. The number of hydrogen-bond donors (Lipinski definition) is 2. The molecule has 1 atom stereocenters. The Morgan fingerprint density at radius 2 is 2.00 bits per heavy atom. The van der Waals surface area contributed by atoms with Crippen LogP contribution in [0, 0.1) is 6.92 Å². The van der Waals surface area contributed by atoms with Crippen molar-refractivity contribution in [2.45, 2.75) is 19.4 Å². The van der Waals surface area contributed by atoms with Gasteiger partial charge in [0, 0.05) is 27.0 Å². The molecule has 30 heavy (non-hydrogen) atoms. The minimum atomic E-state index is -0.276. The molecule has 0 saturated carbocycles. The lowest BCUT2D eigenvalue weighted by atomic mass is 9.98. The lowest BCUT2D eigenvalue weighted by molar-refractivity contribution is -0.125. The monoisotopic (exact) mass is 459 g/mol. The molecule has 3 aromatic rings. The molecule has 2 aromatic heterocycles. The Bertz CT molecular complexity index is 1050. The van der Waals surface area contributed by atoms with Crippen LogP contribution >= 0.6 is 34.3 Å². The first kappa shape index (κ1) is 21.1. The molecule has 4 rings (SSSR count). The van der Waals surface area contributed by atoms with Gasteiger partial charge in [-0.2, -0.15) is 0 Å². The van der Waals surface area contributed by atoms with E-state index in [-0.39, 0.29) is 30.9 Å². The van der Waals surface area contributed by atoms with Gasteiger partial charge in [-0.1, -0.05) is 23.7 Å². The van der Waals surface area contributed by atoms with Crippen LogP contribution in [0.2, 0.25) is 5.02 Å². The number of anilines is 1. The van der Waals surface area contributed by atoms with Gasteiger partial charge in [-0.25, -0.2) is 0 Å². The van der Waals surface area contributed by atoms with Gasteiger partial charge in [-0.05, 0) is 59.5 Å². The van der Waals surface area contributed by atoms with Crippen LogP contribution in [0.15, 0.2) is 47.2 Å². The topological polar surface area (TPSA) is 61.4 Å². The van der Waals surface area contributed by atoms with Gasteiger partial charge in [0.2, 0.25) is 11.8 Å². The number of thiophene rings is 2. The number of benzene rings is 1. The van der Waals surface area contributed by atoms with Crippen LogP contribution in [0.1, 0.15) is 26.9 Å². The zero-order valence-electron chi connectivity index (χ0n) is 16.5. The quantitative estimate of drug-likeness (QED) is 0.571. The van der Waals surface area contributed by atoms with Crippen LogP contribution in [0.4, 0.5) is 5.69 Å². The minimum absolute atomic E-state index is 0.0774. The van der Waals surface area contributed by atoms with Crippen molar-refractivity contribution in [2.24, 2.45) is 0 Å². The van der Waals surface area contributed by atoms with E-state index in [1.54, 1.807) is 40.9 Å². The third-order valence-electron chi connectivity index (χ3n) is 5.21. The maximum atomic E-state index is 12.6. The van der Waals surface area contributed by atoms with Crippen molar-refractivity contribution < 1.29 is 9.59 Å². The number of amides is 2. The van der Waals surface area contributed by atoms with Gasteiger partial charge in [0.05, 0.1) is 19.1 Å². The van der Waals surface area contributed by atoms with Crippen LogP contribution < -0.4 is 10.6 Å². The van der Waals surface area contributed by atoms with Gasteiger partial charge in [-0.3, -0.25) is 14.5 Å². The van der Waals surface area contributed by atoms with Crippen molar-refractivity contribution in [3.8, 4) is 0 Å². The van der Waals surface area contributed by atoms with Gasteiger partial charge in [0.15, 0.2) is 0 Å². The highest BCUT2D eigenvalue weighted by Crippen LogP contribution is 2.39. The molecule has 1 aliphatic heterocycles. The highest BCUT2D eigenvalue weighted by atomic mass is 35.5. The third kappa shape index (κ3) is 4.59. The lowest BCUT2D eigenvalue weighted by Crippen LogP contribution is -2.44. The summed E-state index contributed by atoms with van der Waals surface area (Å²) in [6, 6.07) is 11.8. The molecule has 0 bridgehead atoms. The molecule has 2 N–H and O–H groups in total. The van der Waals surface area contributed by atoms with E-state index >= 15 is 0 Å². The highest BCUT2D eigenvalue weighted by molar-refractivity contribution is 7.10. The Labute approximate surface area is 188 Å². The number of carbonyl (C=O) groups excluding carboxylic acids is 2. The molecule has 156 valence electrons. The van der Waals surface area contributed by atoms with Crippen molar-refractivity contribution in [2.75, 3.05) is 25.0 Å². The summed E-state index contributed by atoms with van der Waals surface area (Å²) in [5.41, 5.74) is 2.74. The first-order valence-electron chi connectivity index (χ1n) is 9.68. The summed E-state index contributed by atoms with van der Waals surface area (Å²) < 4.78 is 0. The Balaban J connectivity index is 1.36. The average molecular weight is 460 g/mol. The number of hydrogen-bond acceptors (Lipinski definition) is 5. The Kier molecular flexibility index (Phi) is 6.53. The molecule has 0 saturated heterocycles. The average Bonchev–Trinajstić information content (AvgIpc) is 3.42. The second-order valence-electron chi connectivity index (χ2n) is 7.17. The van der Waals surface area contributed by atoms with Crippen molar-refractivity contribution in [1.29, 1.82) is 0 Å². The van der Waals surface area contributed by atoms with Gasteiger partial charge in [-0.15, -0.1) is 22.7 Å². The fourth-order valence-electron chi connectivity index (χ4n) is 3.68. The fraction of sp³-hybridized carbons (Fsp3) is 0.273. The molecule has 5 nitrogen and oxygen atoms in total. The summed E-state index contributed by atoms with van der Waals surface area (Å²) in [5.74, 6) is -0.435. The maximum absolute atomic E-state index is 12.6. The second-order valence-corrected chi connectivity index (χ2v) is 9.56. The summed E-state index contributed by atoms with van der Waals surface area (Å²) in [6.45, 7) is 2.83. The number of rotatable bonds is 6. The van der Waals surface area contributed by atoms with Gasteiger partial charge >= 0.3 is 0 Å². The van der Waals surface area contributed by atoms with Crippen molar-refractivity contribution in [1.82, 2.24) is 10.2 Å². The summed E-state index contributed by atoms with van der Waals surface area (Å²) in [4.78, 5) is 29.7. The largest absolute Gasteiger partial charge is 0.346 e. The van der Waals surface area contributed by atoms with E-state index in [9.17, 15) is 9.59 Å². The van der Waals surface area contributed by atoms with Crippen molar-refractivity contribution >= 4 is 51.8 Å². The molecular weight excluding hydrogens is 438 g/mol. The number of carbonyl (C=O) groups is 2.